The Kier molecular flexibility index (Phi) is 11.8. The lowest BCUT2D eigenvalue weighted by molar-refractivity contribution is -0.159. The molecule has 0 aliphatic carbocycles. The first kappa shape index (κ1) is 23.7. The predicted molar refractivity (Wildman–Crippen MR) is 101 cm³/mol. The third-order valence-corrected chi connectivity index (χ3v) is 3.74. The summed E-state index contributed by atoms with van der Waals surface area (Å²) in [6.45, 7) is 8.05. The zero-order valence-electron chi connectivity index (χ0n) is 15.2. The van der Waals surface area contributed by atoms with Crippen molar-refractivity contribution in [3.8, 4) is 0 Å². The van der Waals surface area contributed by atoms with Crippen LogP contribution in [0.25, 0.3) is 0 Å². The minimum atomic E-state index is -1.82. The van der Waals surface area contributed by atoms with Gasteiger partial charge in [-0.2, -0.15) is 0 Å². The van der Waals surface area contributed by atoms with Gasteiger partial charge < -0.3 is 25.7 Å². The Morgan fingerprint density at radius 1 is 1.12 bits per heavy atom. The number of nitrogens with zero attached hydrogens (tertiary/aromatic N) is 1. The van der Waals surface area contributed by atoms with Crippen molar-refractivity contribution in [2.24, 2.45) is 0 Å². The maximum absolute atomic E-state index is 12.1. The van der Waals surface area contributed by atoms with Crippen LogP contribution in [0.4, 0.5) is 5.69 Å². The smallest absolute Gasteiger partial charge is 0.414 e. The molecule has 1 aromatic rings. The summed E-state index contributed by atoms with van der Waals surface area (Å²) in [5, 5.41) is 21.3. The Morgan fingerprint density at radius 3 is 2.15 bits per heavy atom. The van der Waals surface area contributed by atoms with Crippen LogP contribution < -0.4 is 10.6 Å². The van der Waals surface area contributed by atoms with E-state index in [1.165, 1.54) is 0 Å². The lowest BCUT2D eigenvalue weighted by Crippen LogP contribution is -2.30. The number of carbonyl (C=O) groups excluding carboxylic acids is 1. The van der Waals surface area contributed by atoms with Crippen molar-refractivity contribution in [1.82, 2.24) is 10.2 Å². The summed E-state index contributed by atoms with van der Waals surface area (Å²) < 4.78 is 0. The molecule has 9 heteroatoms. The second-order valence-corrected chi connectivity index (χ2v) is 5.62. The highest BCUT2D eigenvalue weighted by Gasteiger charge is 2.11. The summed E-state index contributed by atoms with van der Waals surface area (Å²) in [7, 11) is 1.79. The van der Waals surface area contributed by atoms with Gasteiger partial charge in [-0.25, -0.2) is 9.59 Å². The molecular weight excluding hydrogens is 362 g/mol. The first-order chi connectivity index (χ1) is 12.3. The maximum Gasteiger partial charge on any atom is 0.414 e. The van der Waals surface area contributed by atoms with E-state index in [9.17, 15) is 4.79 Å². The predicted octanol–water partition coefficient (Wildman–Crippen LogP) is 2.00. The standard InChI is InChI=1S/C15H24ClN3O.C2H2O4/c1-4-19(5-2)10-6-9-18-15(20)13-11-12(16)7-8-14(13)17-3;3-1(4)2(5)6/h7-8,11,17H,4-6,9-10H2,1-3H3,(H,18,20);(H,3,4)(H,5,6). The van der Waals surface area contributed by atoms with Crippen LogP contribution in [0.2, 0.25) is 5.02 Å². The Labute approximate surface area is 158 Å². The van der Waals surface area contributed by atoms with Gasteiger partial charge >= 0.3 is 11.9 Å². The number of carbonyl (C=O) groups is 3. The highest BCUT2D eigenvalue weighted by Crippen LogP contribution is 2.20. The van der Waals surface area contributed by atoms with Crippen LogP contribution in [0.15, 0.2) is 18.2 Å². The minimum Gasteiger partial charge on any atom is -0.473 e. The molecule has 0 fully saturated rings. The van der Waals surface area contributed by atoms with Gasteiger partial charge in [-0.15, -0.1) is 0 Å². The Balaban J connectivity index is 0.000000896. The zero-order valence-corrected chi connectivity index (χ0v) is 16.0. The fourth-order valence-electron chi connectivity index (χ4n) is 2.06. The molecule has 0 unspecified atom stereocenters. The quantitative estimate of drug-likeness (QED) is 0.398. The molecule has 0 atom stereocenters. The van der Waals surface area contributed by atoms with Crippen molar-refractivity contribution < 1.29 is 24.6 Å². The second kappa shape index (κ2) is 13.0. The molecule has 0 aliphatic rings. The highest BCUT2D eigenvalue weighted by molar-refractivity contribution is 6.31. The third kappa shape index (κ3) is 9.24. The number of carboxylic acid groups (broad SMARTS) is 2. The number of hydrogen-bond acceptors (Lipinski definition) is 5. The molecule has 0 spiro atoms. The number of anilines is 1. The van der Waals surface area contributed by atoms with Gasteiger partial charge in [-0.05, 0) is 44.3 Å². The number of aliphatic carboxylic acids is 2. The Hall–Kier alpha value is -2.32. The first-order valence-electron chi connectivity index (χ1n) is 8.20. The molecule has 0 saturated heterocycles. The lowest BCUT2D eigenvalue weighted by Gasteiger charge is -2.17. The largest absolute Gasteiger partial charge is 0.473 e. The summed E-state index contributed by atoms with van der Waals surface area (Å²) in [6, 6.07) is 5.27. The fraction of sp³-hybridized carbons (Fsp3) is 0.471. The molecular formula is C17H26ClN3O5. The molecule has 1 amide bonds. The van der Waals surface area contributed by atoms with Crippen LogP contribution in [0.3, 0.4) is 0 Å². The molecule has 1 aromatic carbocycles. The van der Waals surface area contributed by atoms with Crippen LogP contribution in [0.1, 0.15) is 30.6 Å². The molecule has 0 heterocycles. The highest BCUT2D eigenvalue weighted by atomic mass is 35.5. The van der Waals surface area contributed by atoms with E-state index >= 15 is 0 Å². The van der Waals surface area contributed by atoms with Crippen LogP contribution in [-0.2, 0) is 9.59 Å². The molecule has 8 nitrogen and oxygen atoms in total. The van der Waals surface area contributed by atoms with Gasteiger partial charge in [-0.1, -0.05) is 25.4 Å². The molecule has 0 radical (unpaired) electrons. The summed E-state index contributed by atoms with van der Waals surface area (Å²) in [5.41, 5.74) is 1.37. The Bertz CT molecular complexity index is 594. The number of carboxylic acids is 2. The van der Waals surface area contributed by atoms with Crippen LogP contribution >= 0.6 is 11.6 Å². The number of hydrogen-bond donors (Lipinski definition) is 4. The number of benzene rings is 1. The summed E-state index contributed by atoms with van der Waals surface area (Å²) >= 11 is 5.94. The summed E-state index contributed by atoms with van der Waals surface area (Å²) in [5.74, 6) is -3.73. The van der Waals surface area contributed by atoms with Crippen LogP contribution in [0.5, 0.6) is 0 Å². The summed E-state index contributed by atoms with van der Waals surface area (Å²) in [6.07, 6.45) is 0.947. The molecule has 0 aromatic heterocycles. The molecule has 26 heavy (non-hydrogen) atoms. The van der Waals surface area contributed by atoms with E-state index in [-0.39, 0.29) is 5.91 Å². The van der Waals surface area contributed by atoms with Crippen molar-refractivity contribution in [1.29, 1.82) is 0 Å². The van der Waals surface area contributed by atoms with E-state index in [1.54, 1.807) is 19.2 Å². The van der Waals surface area contributed by atoms with Crippen LogP contribution in [-0.4, -0.2) is 66.2 Å². The van der Waals surface area contributed by atoms with E-state index in [0.717, 1.165) is 31.7 Å². The zero-order chi connectivity index (χ0) is 20.1. The topological polar surface area (TPSA) is 119 Å². The molecule has 146 valence electrons. The molecule has 0 saturated carbocycles. The van der Waals surface area contributed by atoms with Gasteiger partial charge in [0, 0.05) is 24.3 Å². The van der Waals surface area contributed by atoms with Gasteiger partial charge in [0.05, 0.1) is 5.56 Å². The SMILES string of the molecule is CCN(CC)CCCNC(=O)c1cc(Cl)ccc1NC.O=C(O)C(=O)O. The molecule has 4 N–H and O–H groups in total. The number of rotatable bonds is 8. The van der Waals surface area contributed by atoms with Crippen molar-refractivity contribution in [3.05, 3.63) is 28.8 Å². The van der Waals surface area contributed by atoms with Crippen molar-refractivity contribution >= 4 is 35.1 Å². The summed E-state index contributed by atoms with van der Waals surface area (Å²) in [4.78, 5) is 32.7. The van der Waals surface area contributed by atoms with Gasteiger partial charge in [0.25, 0.3) is 5.91 Å². The fourth-order valence-corrected chi connectivity index (χ4v) is 2.23. The maximum atomic E-state index is 12.1. The van der Waals surface area contributed by atoms with E-state index in [2.05, 4.69) is 29.4 Å². The average Bonchev–Trinajstić information content (AvgIpc) is 2.62. The Morgan fingerprint density at radius 2 is 1.69 bits per heavy atom. The van der Waals surface area contributed by atoms with Crippen molar-refractivity contribution in [3.63, 3.8) is 0 Å². The van der Waals surface area contributed by atoms with Crippen molar-refractivity contribution in [2.75, 3.05) is 38.5 Å². The first-order valence-corrected chi connectivity index (χ1v) is 8.58. The van der Waals surface area contributed by atoms with Crippen molar-refractivity contribution in [2.45, 2.75) is 20.3 Å². The van der Waals surface area contributed by atoms with E-state index in [0.29, 0.717) is 17.1 Å². The monoisotopic (exact) mass is 387 g/mol. The minimum absolute atomic E-state index is 0.0867. The normalized spacial score (nSPS) is 9.88. The molecule has 0 bridgehead atoms. The van der Waals surface area contributed by atoms with Gasteiger partial charge in [-0.3, -0.25) is 4.79 Å². The van der Waals surface area contributed by atoms with Crippen LogP contribution in [0, 0.1) is 0 Å². The molecule has 0 aliphatic heterocycles. The number of halogens is 1. The average molecular weight is 388 g/mol. The third-order valence-electron chi connectivity index (χ3n) is 3.51. The second-order valence-electron chi connectivity index (χ2n) is 5.19. The molecule has 1 rings (SSSR count). The van der Waals surface area contributed by atoms with Gasteiger partial charge in [0.2, 0.25) is 0 Å². The van der Waals surface area contributed by atoms with E-state index < -0.39 is 11.9 Å². The van der Waals surface area contributed by atoms with E-state index in [4.69, 9.17) is 31.4 Å². The number of amides is 1. The van der Waals surface area contributed by atoms with Gasteiger partial charge in [0.15, 0.2) is 0 Å². The number of nitrogens with one attached hydrogen (secondary N) is 2. The lowest BCUT2D eigenvalue weighted by atomic mass is 10.1. The van der Waals surface area contributed by atoms with Gasteiger partial charge in [0.1, 0.15) is 0 Å². The van der Waals surface area contributed by atoms with E-state index in [1.807, 2.05) is 6.07 Å².